The van der Waals surface area contributed by atoms with Gasteiger partial charge in [0, 0.05) is 10.6 Å². The lowest BCUT2D eigenvalue weighted by molar-refractivity contribution is 0.0696. The van der Waals surface area contributed by atoms with Crippen molar-refractivity contribution >= 4 is 23.8 Å². The predicted molar refractivity (Wildman–Crippen MR) is 77.2 cm³/mol. The van der Waals surface area contributed by atoms with Crippen LogP contribution in [-0.2, 0) is 11.4 Å². The molecule has 2 aromatic carbocycles. The number of carboxylic acid groups (broad SMARTS) is 1. The summed E-state index contributed by atoms with van der Waals surface area (Å²) >= 11 is 5.77. The first kappa shape index (κ1) is 14.1. The van der Waals surface area contributed by atoms with Crippen LogP contribution >= 0.6 is 11.6 Å². The first-order chi connectivity index (χ1) is 9.66. The average molecular weight is 290 g/mol. The van der Waals surface area contributed by atoms with Crippen LogP contribution in [-0.4, -0.2) is 17.3 Å². The predicted octanol–water partition coefficient (Wildman–Crippen LogP) is 3.59. The van der Waals surface area contributed by atoms with E-state index >= 15 is 0 Å². The molecule has 0 fully saturated rings. The largest absolute Gasteiger partial charge is 0.478 e. The molecule has 2 aromatic rings. The summed E-state index contributed by atoms with van der Waals surface area (Å²) in [5, 5.41) is 13.5. The van der Waals surface area contributed by atoms with Gasteiger partial charge in [0.1, 0.15) is 6.61 Å². The van der Waals surface area contributed by atoms with Gasteiger partial charge < -0.3 is 9.94 Å². The molecule has 0 unspecified atom stereocenters. The first-order valence-electron chi connectivity index (χ1n) is 5.89. The number of hydrogen-bond donors (Lipinski definition) is 1. The lowest BCUT2D eigenvalue weighted by Crippen LogP contribution is -2.01. The standard InChI is InChI=1S/C15H12ClNO3/c16-13-7-5-11(6-8-13)10-20-17-9-12-3-1-2-4-14(12)15(18)19/h1-9H,10H2,(H,18,19)/b17-9+. The van der Waals surface area contributed by atoms with E-state index < -0.39 is 5.97 Å². The molecule has 0 radical (unpaired) electrons. The molecule has 1 N–H and O–H groups in total. The molecule has 0 amide bonds. The second-order valence-corrected chi connectivity index (χ2v) is 4.46. The Hall–Kier alpha value is -2.33. The Labute approximate surface area is 121 Å². The number of halogens is 1. The fourth-order valence-corrected chi connectivity index (χ4v) is 1.72. The summed E-state index contributed by atoms with van der Waals surface area (Å²) in [5.41, 5.74) is 1.61. The number of carbonyl (C=O) groups is 1. The van der Waals surface area contributed by atoms with Crippen LogP contribution in [0.15, 0.2) is 53.7 Å². The molecular formula is C15H12ClNO3. The Balaban J connectivity index is 1.97. The number of nitrogens with zero attached hydrogens (tertiary/aromatic N) is 1. The van der Waals surface area contributed by atoms with Gasteiger partial charge in [0.05, 0.1) is 11.8 Å². The highest BCUT2D eigenvalue weighted by Crippen LogP contribution is 2.10. The number of oxime groups is 1. The Kier molecular flexibility index (Phi) is 4.74. The Morgan fingerprint density at radius 3 is 2.60 bits per heavy atom. The highest BCUT2D eigenvalue weighted by molar-refractivity contribution is 6.30. The van der Waals surface area contributed by atoms with E-state index in [0.29, 0.717) is 17.2 Å². The molecule has 0 heterocycles. The average Bonchev–Trinajstić information content (AvgIpc) is 2.46. The molecule has 0 saturated carbocycles. The summed E-state index contributed by atoms with van der Waals surface area (Å²) in [5.74, 6) is -0.996. The van der Waals surface area contributed by atoms with E-state index in [1.807, 2.05) is 12.1 Å². The molecule has 0 aliphatic heterocycles. The number of rotatable bonds is 5. The highest BCUT2D eigenvalue weighted by Gasteiger charge is 2.06. The van der Waals surface area contributed by atoms with Gasteiger partial charge in [0.15, 0.2) is 0 Å². The zero-order valence-electron chi connectivity index (χ0n) is 10.5. The lowest BCUT2D eigenvalue weighted by atomic mass is 10.1. The van der Waals surface area contributed by atoms with Crippen molar-refractivity contribution in [3.63, 3.8) is 0 Å². The van der Waals surface area contributed by atoms with E-state index in [0.717, 1.165) is 5.56 Å². The third-order valence-corrected chi connectivity index (χ3v) is 2.85. The molecule has 0 aliphatic rings. The minimum atomic E-state index is -0.996. The topological polar surface area (TPSA) is 58.9 Å². The van der Waals surface area contributed by atoms with Crippen molar-refractivity contribution in [1.29, 1.82) is 0 Å². The lowest BCUT2D eigenvalue weighted by Gasteiger charge is -2.01. The van der Waals surface area contributed by atoms with E-state index in [2.05, 4.69) is 5.16 Å². The normalized spacial score (nSPS) is 10.7. The van der Waals surface area contributed by atoms with Gasteiger partial charge in [-0.05, 0) is 23.8 Å². The number of carboxylic acids is 1. The van der Waals surface area contributed by atoms with E-state index in [4.69, 9.17) is 21.5 Å². The number of hydrogen-bond acceptors (Lipinski definition) is 3. The van der Waals surface area contributed by atoms with Gasteiger partial charge in [0.25, 0.3) is 0 Å². The molecule has 4 nitrogen and oxygen atoms in total. The van der Waals surface area contributed by atoms with Gasteiger partial charge in [0.2, 0.25) is 0 Å². The summed E-state index contributed by atoms with van der Waals surface area (Å²) in [7, 11) is 0. The smallest absolute Gasteiger partial charge is 0.336 e. The fraction of sp³-hybridized carbons (Fsp3) is 0.0667. The maximum atomic E-state index is 11.0. The summed E-state index contributed by atoms with van der Waals surface area (Å²) < 4.78 is 0. The Morgan fingerprint density at radius 1 is 1.20 bits per heavy atom. The molecule has 0 saturated heterocycles. The maximum absolute atomic E-state index is 11.0. The fourth-order valence-electron chi connectivity index (χ4n) is 1.59. The highest BCUT2D eigenvalue weighted by atomic mass is 35.5. The molecule has 5 heteroatoms. The minimum Gasteiger partial charge on any atom is -0.478 e. The third-order valence-electron chi connectivity index (χ3n) is 2.60. The third kappa shape index (κ3) is 3.83. The van der Waals surface area contributed by atoms with Crippen LogP contribution in [0.5, 0.6) is 0 Å². The molecular weight excluding hydrogens is 278 g/mol. The van der Waals surface area contributed by atoms with Gasteiger partial charge in [-0.15, -0.1) is 0 Å². The van der Waals surface area contributed by atoms with Gasteiger partial charge in [-0.2, -0.15) is 0 Å². The maximum Gasteiger partial charge on any atom is 0.336 e. The summed E-state index contributed by atoms with van der Waals surface area (Å²) in [6, 6.07) is 13.8. The van der Waals surface area contributed by atoms with E-state index in [-0.39, 0.29) is 5.56 Å². The van der Waals surface area contributed by atoms with Crippen LogP contribution in [0.3, 0.4) is 0 Å². The Bertz CT molecular complexity index is 623. The second kappa shape index (κ2) is 6.73. The van der Waals surface area contributed by atoms with Crippen molar-refractivity contribution in [3.05, 3.63) is 70.2 Å². The molecule has 0 bridgehead atoms. The van der Waals surface area contributed by atoms with Crippen molar-refractivity contribution < 1.29 is 14.7 Å². The minimum absolute atomic E-state index is 0.186. The van der Waals surface area contributed by atoms with Crippen molar-refractivity contribution in [2.24, 2.45) is 5.16 Å². The molecule has 0 aromatic heterocycles. The van der Waals surface area contributed by atoms with Crippen LogP contribution < -0.4 is 0 Å². The van der Waals surface area contributed by atoms with Crippen molar-refractivity contribution in [3.8, 4) is 0 Å². The number of aromatic carboxylic acids is 1. The van der Waals surface area contributed by atoms with Gasteiger partial charge >= 0.3 is 5.97 Å². The molecule has 0 aliphatic carbocycles. The van der Waals surface area contributed by atoms with Crippen molar-refractivity contribution in [2.45, 2.75) is 6.61 Å². The Morgan fingerprint density at radius 2 is 1.90 bits per heavy atom. The summed E-state index contributed by atoms with van der Waals surface area (Å²) in [6.07, 6.45) is 1.39. The first-order valence-corrected chi connectivity index (χ1v) is 6.27. The van der Waals surface area contributed by atoms with Gasteiger partial charge in [-0.1, -0.05) is 47.1 Å². The summed E-state index contributed by atoms with van der Waals surface area (Å²) in [6.45, 7) is 0.295. The van der Waals surface area contributed by atoms with Gasteiger partial charge in [-0.25, -0.2) is 4.79 Å². The SMILES string of the molecule is O=C(O)c1ccccc1/C=N/OCc1ccc(Cl)cc1. The molecule has 102 valence electrons. The van der Waals surface area contributed by atoms with Crippen LogP contribution in [0, 0.1) is 0 Å². The molecule has 2 rings (SSSR count). The van der Waals surface area contributed by atoms with E-state index in [1.165, 1.54) is 12.3 Å². The van der Waals surface area contributed by atoms with Crippen molar-refractivity contribution in [1.82, 2.24) is 0 Å². The van der Waals surface area contributed by atoms with Crippen LogP contribution in [0.4, 0.5) is 0 Å². The zero-order chi connectivity index (χ0) is 14.4. The number of benzene rings is 2. The van der Waals surface area contributed by atoms with Gasteiger partial charge in [-0.3, -0.25) is 0 Å². The second-order valence-electron chi connectivity index (χ2n) is 4.03. The molecule has 0 spiro atoms. The van der Waals surface area contributed by atoms with Crippen LogP contribution in [0.1, 0.15) is 21.5 Å². The quantitative estimate of drug-likeness (QED) is 0.676. The molecule has 0 atom stereocenters. The van der Waals surface area contributed by atoms with Crippen LogP contribution in [0.25, 0.3) is 0 Å². The summed E-state index contributed by atoms with van der Waals surface area (Å²) in [4.78, 5) is 16.1. The van der Waals surface area contributed by atoms with Crippen LogP contribution in [0.2, 0.25) is 5.02 Å². The monoisotopic (exact) mass is 289 g/mol. The molecule has 20 heavy (non-hydrogen) atoms. The zero-order valence-corrected chi connectivity index (χ0v) is 11.2. The van der Waals surface area contributed by atoms with E-state index in [9.17, 15) is 4.79 Å². The van der Waals surface area contributed by atoms with E-state index in [1.54, 1.807) is 30.3 Å². The van der Waals surface area contributed by atoms with Crippen molar-refractivity contribution in [2.75, 3.05) is 0 Å².